The summed E-state index contributed by atoms with van der Waals surface area (Å²) < 4.78 is 4.98. The molecule has 0 aliphatic rings. The van der Waals surface area contributed by atoms with Crippen LogP contribution in [0, 0.1) is 0 Å². The Morgan fingerprint density at radius 2 is 1.86 bits per heavy atom. The van der Waals surface area contributed by atoms with Gasteiger partial charge in [0.05, 0.1) is 6.61 Å². The number of esters is 1. The van der Waals surface area contributed by atoms with E-state index in [1.165, 1.54) is 5.56 Å². The zero-order valence-corrected chi connectivity index (χ0v) is 14.7. The molecule has 2 nitrogen and oxygen atoms in total. The first kappa shape index (κ1) is 17.0. The third-order valence-electron chi connectivity index (χ3n) is 3.37. The largest absolute Gasteiger partial charge is 0.465 e. The molecule has 22 heavy (non-hydrogen) atoms. The molecule has 0 bridgehead atoms. The Kier molecular flexibility index (Phi) is 6.47. The fraction of sp³-hybridized carbons (Fsp3) is 0.278. The highest BCUT2D eigenvalue weighted by Gasteiger charge is 2.15. The Labute approximate surface area is 144 Å². The van der Waals surface area contributed by atoms with E-state index in [2.05, 4.69) is 40.2 Å². The lowest BCUT2D eigenvalue weighted by Crippen LogP contribution is -2.17. The average molecular weight is 382 g/mol. The minimum atomic E-state index is -0.254. The molecule has 4 heteroatoms. The van der Waals surface area contributed by atoms with Gasteiger partial charge in [0.25, 0.3) is 0 Å². The van der Waals surface area contributed by atoms with Crippen LogP contribution in [-0.2, 0) is 16.0 Å². The maximum Gasteiger partial charge on any atom is 0.319 e. The van der Waals surface area contributed by atoms with Crippen molar-refractivity contribution in [2.75, 3.05) is 6.61 Å². The van der Waals surface area contributed by atoms with Crippen LogP contribution < -0.4 is 0 Å². The van der Waals surface area contributed by atoms with Crippen LogP contribution in [0.1, 0.15) is 18.9 Å². The van der Waals surface area contributed by atoms with Gasteiger partial charge in [-0.1, -0.05) is 70.0 Å². The van der Waals surface area contributed by atoms with Gasteiger partial charge in [-0.3, -0.25) is 4.79 Å². The SMILES string of the molecule is CCOC(=O)C(Br)CCc1ccc(-c2ccccc2Cl)cc1. The summed E-state index contributed by atoms with van der Waals surface area (Å²) in [5, 5.41) is 0.748. The number of hydrogen-bond acceptors (Lipinski definition) is 2. The van der Waals surface area contributed by atoms with Gasteiger partial charge >= 0.3 is 5.97 Å². The Balaban J connectivity index is 1.98. The number of carbonyl (C=O) groups is 1. The Morgan fingerprint density at radius 1 is 1.18 bits per heavy atom. The van der Waals surface area contributed by atoms with Gasteiger partial charge in [-0.05, 0) is 37.0 Å². The maximum absolute atomic E-state index is 11.6. The van der Waals surface area contributed by atoms with Crippen molar-refractivity contribution in [2.24, 2.45) is 0 Å². The second-order valence-corrected chi connectivity index (χ2v) is 6.45. The molecular weight excluding hydrogens is 364 g/mol. The molecule has 0 heterocycles. The van der Waals surface area contributed by atoms with Crippen LogP contribution >= 0.6 is 27.5 Å². The normalized spacial score (nSPS) is 12.0. The van der Waals surface area contributed by atoms with E-state index >= 15 is 0 Å². The number of benzene rings is 2. The lowest BCUT2D eigenvalue weighted by molar-refractivity contribution is -0.142. The van der Waals surface area contributed by atoms with Crippen LogP contribution in [0.4, 0.5) is 0 Å². The summed E-state index contributed by atoms with van der Waals surface area (Å²) in [7, 11) is 0. The average Bonchev–Trinajstić information content (AvgIpc) is 2.54. The summed E-state index contributed by atoms with van der Waals surface area (Å²) in [4.78, 5) is 11.3. The highest BCUT2D eigenvalue weighted by Crippen LogP contribution is 2.27. The number of alkyl halides is 1. The molecule has 116 valence electrons. The van der Waals surface area contributed by atoms with Gasteiger partial charge in [0.1, 0.15) is 4.83 Å². The smallest absolute Gasteiger partial charge is 0.319 e. The van der Waals surface area contributed by atoms with Crippen LogP contribution in [0.5, 0.6) is 0 Å². The fourth-order valence-electron chi connectivity index (χ4n) is 2.19. The van der Waals surface area contributed by atoms with Crippen molar-refractivity contribution in [1.82, 2.24) is 0 Å². The number of rotatable bonds is 6. The second kappa shape index (κ2) is 8.35. The molecule has 1 unspecified atom stereocenters. The molecular formula is C18H18BrClO2. The van der Waals surface area contributed by atoms with Gasteiger partial charge in [0.15, 0.2) is 0 Å². The van der Waals surface area contributed by atoms with Crippen molar-refractivity contribution in [2.45, 2.75) is 24.6 Å². The molecule has 0 spiro atoms. The van der Waals surface area contributed by atoms with E-state index in [0.29, 0.717) is 13.0 Å². The van der Waals surface area contributed by atoms with Crippen molar-refractivity contribution in [3.63, 3.8) is 0 Å². The quantitative estimate of drug-likeness (QED) is 0.503. The number of aryl methyl sites for hydroxylation is 1. The van der Waals surface area contributed by atoms with Gasteiger partial charge in [-0.15, -0.1) is 0 Å². The molecule has 0 aliphatic heterocycles. The predicted molar refractivity (Wildman–Crippen MR) is 94.6 cm³/mol. The Hall–Kier alpha value is -1.32. The molecule has 2 aromatic rings. The molecule has 0 amide bonds. The molecule has 0 saturated carbocycles. The van der Waals surface area contributed by atoms with Crippen molar-refractivity contribution < 1.29 is 9.53 Å². The van der Waals surface area contributed by atoms with E-state index in [9.17, 15) is 4.79 Å². The van der Waals surface area contributed by atoms with Gasteiger partial charge in [-0.25, -0.2) is 0 Å². The second-order valence-electron chi connectivity index (χ2n) is 4.94. The lowest BCUT2D eigenvalue weighted by atomic mass is 10.0. The van der Waals surface area contributed by atoms with Crippen LogP contribution in [0.15, 0.2) is 48.5 Å². The zero-order valence-electron chi connectivity index (χ0n) is 12.4. The first-order valence-electron chi connectivity index (χ1n) is 7.26. The van der Waals surface area contributed by atoms with Crippen LogP contribution in [0.3, 0.4) is 0 Å². The highest BCUT2D eigenvalue weighted by molar-refractivity contribution is 9.10. The van der Waals surface area contributed by atoms with Crippen molar-refractivity contribution >= 4 is 33.5 Å². The molecule has 0 radical (unpaired) electrons. The van der Waals surface area contributed by atoms with Crippen LogP contribution in [0.25, 0.3) is 11.1 Å². The summed E-state index contributed by atoms with van der Waals surface area (Å²) >= 11 is 9.58. The summed E-state index contributed by atoms with van der Waals surface area (Å²) in [6, 6.07) is 16.1. The highest BCUT2D eigenvalue weighted by atomic mass is 79.9. The van der Waals surface area contributed by atoms with Gasteiger partial charge in [0.2, 0.25) is 0 Å². The monoisotopic (exact) mass is 380 g/mol. The van der Waals surface area contributed by atoms with E-state index in [-0.39, 0.29) is 10.8 Å². The molecule has 0 saturated heterocycles. The third-order valence-corrected chi connectivity index (χ3v) is 4.53. The van der Waals surface area contributed by atoms with E-state index in [1.807, 2.05) is 31.2 Å². The third kappa shape index (κ3) is 4.59. The molecule has 0 aromatic heterocycles. The standard InChI is InChI=1S/C18H18BrClO2/c1-2-22-18(21)16(19)12-9-13-7-10-14(11-8-13)15-5-3-4-6-17(15)20/h3-8,10-11,16H,2,9,12H2,1H3. The van der Waals surface area contributed by atoms with E-state index in [0.717, 1.165) is 22.6 Å². The molecule has 0 aliphatic carbocycles. The van der Waals surface area contributed by atoms with Gasteiger partial charge < -0.3 is 4.74 Å². The first-order valence-corrected chi connectivity index (χ1v) is 8.55. The molecule has 2 rings (SSSR count). The number of carbonyl (C=O) groups excluding carboxylic acids is 1. The number of halogens is 2. The Morgan fingerprint density at radius 3 is 2.50 bits per heavy atom. The number of ether oxygens (including phenoxy) is 1. The van der Waals surface area contributed by atoms with Crippen molar-refractivity contribution in [3.8, 4) is 11.1 Å². The molecule has 0 N–H and O–H groups in total. The van der Waals surface area contributed by atoms with E-state index < -0.39 is 0 Å². The minimum absolute atomic E-state index is 0.199. The maximum atomic E-state index is 11.6. The minimum Gasteiger partial charge on any atom is -0.465 e. The predicted octanol–water partition coefficient (Wildman–Crippen LogP) is 5.27. The topological polar surface area (TPSA) is 26.3 Å². The van der Waals surface area contributed by atoms with Crippen molar-refractivity contribution in [1.29, 1.82) is 0 Å². The van der Waals surface area contributed by atoms with E-state index in [1.54, 1.807) is 0 Å². The van der Waals surface area contributed by atoms with Crippen LogP contribution in [0.2, 0.25) is 5.02 Å². The number of hydrogen-bond donors (Lipinski definition) is 0. The summed E-state index contributed by atoms with van der Waals surface area (Å²) in [6.07, 6.45) is 1.53. The van der Waals surface area contributed by atoms with E-state index in [4.69, 9.17) is 16.3 Å². The first-order chi connectivity index (χ1) is 10.6. The fourth-order valence-corrected chi connectivity index (χ4v) is 2.80. The Bertz CT molecular complexity index is 625. The summed E-state index contributed by atoms with van der Waals surface area (Å²) in [6.45, 7) is 2.22. The van der Waals surface area contributed by atoms with Gasteiger partial charge in [0, 0.05) is 10.6 Å². The zero-order chi connectivity index (χ0) is 15.9. The van der Waals surface area contributed by atoms with Crippen LogP contribution in [-0.4, -0.2) is 17.4 Å². The lowest BCUT2D eigenvalue weighted by Gasteiger charge is -2.09. The summed E-state index contributed by atoms with van der Waals surface area (Å²) in [5.41, 5.74) is 3.31. The molecule has 1 atom stereocenters. The summed E-state index contributed by atoms with van der Waals surface area (Å²) in [5.74, 6) is -0.199. The molecule has 0 fully saturated rings. The van der Waals surface area contributed by atoms with Crippen molar-refractivity contribution in [3.05, 3.63) is 59.1 Å². The molecule has 2 aromatic carbocycles. The van der Waals surface area contributed by atoms with Gasteiger partial charge in [-0.2, -0.15) is 0 Å².